The lowest BCUT2D eigenvalue weighted by Gasteiger charge is -2.10. The third kappa shape index (κ3) is 2.62. The van der Waals surface area contributed by atoms with E-state index in [4.69, 9.17) is 17.3 Å². The third-order valence-electron chi connectivity index (χ3n) is 2.96. The molecule has 0 fully saturated rings. The van der Waals surface area contributed by atoms with E-state index in [1.165, 1.54) is 11.1 Å². The lowest BCUT2D eigenvalue weighted by atomic mass is 9.99. The normalized spacial score (nSPS) is 10.5. The molecule has 0 aliphatic carbocycles. The van der Waals surface area contributed by atoms with Gasteiger partial charge in [0.1, 0.15) is 0 Å². The van der Waals surface area contributed by atoms with E-state index >= 15 is 0 Å². The summed E-state index contributed by atoms with van der Waals surface area (Å²) in [5.74, 6) is 0. The standard InChI is InChI=1S/C15H16ClN/c1-10-7-13(15(16)14(17)8-10)9-12-6-4-3-5-11(12)2/h3-8H,9,17H2,1-2H3. The minimum absolute atomic E-state index is 0.662. The molecule has 2 aromatic rings. The van der Waals surface area contributed by atoms with Crippen molar-refractivity contribution in [1.29, 1.82) is 0 Å². The SMILES string of the molecule is Cc1cc(N)c(Cl)c(Cc2ccccc2C)c1. The number of halogens is 1. The predicted octanol–water partition coefficient (Wildman–Crippen LogP) is 4.13. The molecule has 0 aromatic heterocycles. The Kier molecular flexibility index (Phi) is 3.39. The predicted molar refractivity (Wildman–Crippen MR) is 74.6 cm³/mol. The highest BCUT2D eigenvalue weighted by Crippen LogP contribution is 2.27. The van der Waals surface area contributed by atoms with Crippen molar-refractivity contribution in [1.82, 2.24) is 0 Å². The van der Waals surface area contributed by atoms with Gasteiger partial charge in [-0.15, -0.1) is 0 Å². The highest BCUT2D eigenvalue weighted by molar-refractivity contribution is 6.33. The van der Waals surface area contributed by atoms with Crippen LogP contribution in [0.25, 0.3) is 0 Å². The van der Waals surface area contributed by atoms with Gasteiger partial charge in [0.05, 0.1) is 10.7 Å². The molecule has 0 bridgehead atoms. The highest BCUT2D eigenvalue weighted by atomic mass is 35.5. The second-order valence-electron chi connectivity index (χ2n) is 4.43. The molecule has 1 nitrogen and oxygen atoms in total. The van der Waals surface area contributed by atoms with Crippen molar-refractivity contribution in [2.45, 2.75) is 20.3 Å². The number of nitrogens with two attached hydrogens (primary N) is 1. The van der Waals surface area contributed by atoms with E-state index in [0.717, 1.165) is 17.5 Å². The third-order valence-corrected chi connectivity index (χ3v) is 3.42. The Labute approximate surface area is 107 Å². The van der Waals surface area contributed by atoms with Crippen molar-refractivity contribution in [2.75, 3.05) is 5.73 Å². The van der Waals surface area contributed by atoms with Crippen LogP contribution in [-0.2, 0) is 6.42 Å². The molecular formula is C15H16ClN. The van der Waals surface area contributed by atoms with Gasteiger partial charge in [0.15, 0.2) is 0 Å². The van der Waals surface area contributed by atoms with E-state index in [1.807, 2.05) is 19.1 Å². The van der Waals surface area contributed by atoms with Crippen LogP contribution >= 0.6 is 11.6 Å². The molecular weight excluding hydrogens is 230 g/mol. The zero-order chi connectivity index (χ0) is 12.4. The Hall–Kier alpha value is -1.47. The maximum absolute atomic E-state index is 6.24. The minimum atomic E-state index is 0.662. The van der Waals surface area contributed by atoms with Crippen LogP contribution in [-0.4, -0.2) is 0 Å². The summed E-state index contributed by atoms with van der Waals surface area (Å²) < 4.78 is 0. The number of rotatable bonds is 2. The number of hydrogen-bond donors (Lipinski definition) is 1. The molecule has 2 aromatic carbocycles. The van der Waals surface area contributed by atoms with Crippen LogP contribution in [0.15, 0.2) is 36.4 Å². The fourth-order valence-electron chi connectivity index (χ4n) is 2.02. The summed E-state index contributed by atoms with van der Waals surface area (Å²) in [4.78, 5) is 0. The number of hydrogen-bond acceptors (Lipinski definition) is 1. The van der Waals surface area contributed by atoms with E-state index in [-0.39, 0.29) is 0 Å². The summed E-state index contributed by atoms with van der Waals surface area (Å²) in [7, 11) is 0. The molecule has 0 heterocycles. The lowest BCUT2D eigenvalue weighted by molar-refractivity contribution is 1.15. The van der Waals surface area contributed by atoms with Crippen LogP contribution in [0.5, 0.6) is 0 Å². The Morgan fingerprint density at radius 2 is 1.76 bits per heavy atom. The van der Waals surface area contributed by atoms with Crippen molar-refractivity contribution < 1.29 is 0 Å². The Bertz CT molecular complexity index is 547. The first-order valence-corrected chi connectivity index (χ1v) is 6.04. The van der Waals surface area contributed by atoms with Gasteiger partial charge in [-0.1, -0.05) is 41.9 Å². The molecule has 2 N–H and O–H groups in total. The van der Waals surface area contributed by atoms with Crippen LogP contribution < -0.4 is 5.73 Å². The first kappa shape index (κ1) is 12.0. The zero-order valence-corrected chi connectivity index (χ0v) is 10.9. The molecule has 0 saturated heterocycles. The summed E-state index contributed by atoms with van der Waals surface area (Å²) in [6.07, 6.45) is 0.831. The second-order valence-corrected chi connectivity index (χ2v) is 4.81. The fourth-order valence-corrected chi connectivity index (χ4v) is 2.19. The van der Waals surface area contributed by atoms with Crippen LogP contribution in [0.1, 0.15) is 22.3 Å². The van der Waals surface area contributed by atoms with Crippen molar-refractivity contribution in [3.8, 4) is 0 Å². The molecule has 17 heavy (non-hydrogen) atoms. The molecule has 0 saturated carbocycles. The van der Waals surface area contributed by atoms with Crippen molar-refractivity contribution >= 4 is 17.3 Å². The summed E-state index contributed by atoms with van der Waals surface area (Å²) in [5, 5.41) is 0.679. The summed E-state index contributed by atoms with van der Waals surface area (Å²) in [6, 6.07) is 12.3. The van der Waals surface area contributed by atoms with Gasteiger partial charge in [-0.2, -0.15) is 0 Å². The monoisotopic (exact) mass is 245 g/mol. The quantitative estimate of drug-likeness (QED) is 0.791. The minimum Gasteiger partial charge on any atom is -0.398 e. The van der Waals surface area contributed by atoms with Crippen molar-refractivity contribution in [2.24, 2.45) is 0 Å². The topological polar surface area (TPSA) is 26.0 Å². The van der Waals surface area contributed by atoms with E-state index < -0.39 is 0 Å². The number of aryl methyl sites for hydroxylation is 2. The van der Waals surface area contributed by atoms with E-state index in [0.29, 0.717) is 10.7 Å². The zero-order valence-electron chi connectivity index (χ0n) is 10.1. The van der Waals surface area contributed by atoms with E-state index in [1.54, 1.807) is 0 Å². The molecule has 2 rings (SSSR count). The van der Waals surface area contributed by atoms with Crippen LogP contribution in [0.2, 0.25) is 5.02 Å². The second kappa shape index (κ2) is 4.80. The van der Waals surface area contributed by atoms with Gasteiger partial charge in [0.2, 0.25) is 0 Å². The molecule has 0 unspecified atom stereocenters. The summed E-state index contributed by atoms with van der Waals surface area (Å²) in [6.45, 7) is 4.15. The van der Waals surface area contributed by atoms with Gasteiger partial charge in [-0.25, -0.2) is 0 Å². The summed E-state index contributed by atoms with van der Waals surface area (Å²) >= 11 is 6.24. The van der Waals surface area contributed by atoms with Crippen LogP contribution in [0.4, 0.5) is 5.69 Å². The Balaban J connectivity index is 2.40. The van der Waals surface area contributed by atoms with Gasteiger partial charge in [0.25, 0.3) is 0 Å². The van der Waals surface area contributed by atoms with E-state index in [9.17, 15) is 0 Å². The van der Waals surface area contributed by atoms with Gasteiger partial charge in [0, 0.05) is 0 Å². The number of anilines is 1. The molecule has 0 radical (unpaired) electrons. The highest BCUT2D eigenvalue weighted by Gasteiger charge is 2.07. The van der Waals surface area contributed by atoms with Gasteiger partial charge >= 0.3 is 0 Å². The maximum Gasteiger partial charge on any atom is 0.0670 e. The van der Waals surface area contributed by atoms with Crippen LogP contribution in [0.3, 0.4) is 0 Å². The van der Waals surface area contributed by atoms with Crippen molar-refractivity contribution in [3.05, 3.63) is 63.7 Å². The molecule has 2 heteroatoms. The molecule has 0 aliphatic rings. The molecule has 0 atom stereocenters. The average molecular weight is 246 g/mol. The van der Waals surface area contributed by atoms with E-state index in [2.05, 4.69) is 31.2 Å². The smallest absolute Gasteiger partial charge is 0.0670 e. The maximum atomic E-state index is 6.24. The number of benzene rings is 2. The molecule has 0 aliphatic heterocycles. The average Bonchev–Trinajstić information content (AvgIpc) is 2.28. The van der Waals surface area contributed by atoms with Gasteiger partial charge in [-0.3, -0.25) is 0 Å². The molecule has 88 valence electrons. The largest absolute Gasteiger partial charge is 0.398 e. The Morgan fingerprint density at radius 3 is 2.47 bits per heavy atom. The first-order valence-electron chi connectivity index (χ1n) is 5.67. The fraction of sp³-hybridized carbons (Fsp3) is 0.200. The van der Waals surface area contributed by atoms with Crippen LogP contribution in [0, 0.1) is 13.8 Å². The van der Waals surface area contributed by atoms with Gasteiger partial charge < -0.3 is 5.73 Å². The number of nitrogen functional groups attached to an aromatic ring is 1. The summed E-state index contributed by atoms with van der Waals surface area (Å²) in [5.41, 5.74) is 11.4. The van der Waals surface area contributed by atoms with Gasteiger partial charge in [-0.05, 0) is 48.6 Å². The lowest BCUT2D eigenvalue weighted by Crippen LogP contribution is -1.97. The molecule has 0 amide bonds. The Morgan fingerprint density at radius 1 is 1.06 bits per heavy atom. The molecule has 0 spiro atoms. The van der Waals surface area contributed by atoms with Crippen molar-refractivity contribution in [3.63, 3.8) is 0 Å². The first-order chi connectivity index (χ1) is 8.08.